The van der Waals surface area contributed by atoms with E-state index in [1.54, 1.807) is 6.07 Å². The van der Waals surface area contributed by atoms with Crippen LogP contribution in [0.2, 0.25) is 10.0 Å². The molecule has 1 aromatic carbocycles. The normalized spacial score (nSPS) is 13.5. The largest absolute Gasteiger partial charge is 0.414 e. The highest BCUT2D eigenvalue weighted by atomic mass is 35.5. The molecule has 2 rings (SSSR count). The monoisotopic (exact) mass is 326 g/mol. The number of rotatable bonds is 3. The Kier molecular flexibility index (Phi) is 4.22. The van der Waals surface area contributed by atoms with Crippen LogP contribution in [0.15, 0.2) is 22.7 Å². The van der Waals surface area contributed by atoms with Gasteiger partial charge in [0.15, 0.2) is 6.10 Å². The Morgan fingerprint density at radius 1 is 1.25 bits per heavy atom. The fourth-order valence-corrected chi connectivity index (χ4v) is 1.67. The van der Waals surface area contributed by atoms with Crippen molar-refractivity contribution in [2.75, 3.05) is 0 Å². The second-order valence-corrected chi connectivity index (χ2v) is 4.72. The molecule has 1 aromatic heterocycles. The number of alkyl halides is 3. The van der Waals surface area contributed by atoms with E-state index < -0.39 is 18.7 Å². The smallest absolute Gasteiger partial charge is 0.383 e. The number of aliphatic hydroxyl groups excluding tert-OH is 1. The van der Waals surface area contributed by atoms with E-state index in [-0.39, 0.29) is 16.7 Å². The van der Waals surface area contributed by atoms with Crippen molar-refractivity contribution in [2.45, 2.75) is 18.7 Å². The van der Waals surface area contributed by atoms with Crippen molar-refractivity contribution in [3.05, 3.63) is 34.1 Å². The highest BCUT2D eigenvalue weighted by Crippen LogP contribution is 2.28. The zero-order valence-corrected chi connectivity index (χ0v) is 11.2. The van der Waals surface area contributed by atoms with Gasteiger partial charge in [0.25, 0.3) is 0 Å². The van der Waals surface area contributed by atoms with Gasteiger partial charge in [-0.05, 0) is 18.2 Å². The first-order valence-electron chi connectivity index (χ1n) is 5.30. The average Bonchev–Trinajstić information content (AvgIpc) is 2.80. The molecule has 9 heteroatoms. The van der Waals surface area contributed by atoms with E-state index in [1.165, 1.54) is 12.1 Å². The van der Waals surface area contributed by atoms with Crippen LogP contribution in [0.3, 0.4) is 0 Å². The molecular weight excluding hydrogens is 320 g/mol. The summed E-state index contributed by atoms with van der Waals surface area (Å²) in [4.78, 5) is 3.77. The number of halogens is 5. The highest BCUT2D eigenvalue weighted by molar-refractivity contribution is 6.42. The van der Waals surface area contributed by atoms with Crippen molar-refractivity contribution in [2.24, 2.45) is 0 Å². The minimum absolute atomic E-state index is 0.0629. The summed E-state index contributed by atoms with van der Waals surface area (Å²) in [6.07, 6.45) is -8.10. The van der Waals surface area contributed by atoms with Crippen LogP contribution in [-0.2, 0) is 6.42 Å². The lowest BCUT2D eigenvalue weighted by Crippen LogP contribution is -2.30. The van der Waals surface area contributed by atoms with Gasteiger partial charge in [-0.2, -0.15) is 18.2 Å². The van der Waals surface area contributed by atoms with Crippen LogP contribution in [0.25, 0.3) is 11.4 Å². The van der Waals surface area contributed by atoms with Crippen LogP contribution in [-0.4, -0.2) is 27.5 Å². The molecule has 0 bridgehead atoms. The Labute approximate surface area is 121 Å². The van der Waals surface area contributed by atoms with Crippen molar-refractivity contribution in [3.8, 4) is 11.4 Å². The van der Waals surface area contributed by atoms with Crippen molar-refractivity contribution < 1.29 is 22.8 Å². The molecule has 0 saturated carbocycles. The van der Waals surface area contributed by atoms with E-state index in [9.17, 15) is 13.2 Å². The van der Waals surface area contributed by atoms with Gasteiger partial charge < -0.3 is 9.63 Å². The lowest BCUT2D eigenvalue weighted by Gasteiger charge is -2.11. The summed E-state index contributed by atoms with van der Waals surface area (Å²) < 4.78 is 41.2. The molecule has 0 aliphatic heterocycles. The highest BCUT2D eigenvalue weighted by Gasteiger charge is 2.39. The number of aromatic nitrogens is 2. The van der Waals surface area contributed by atoms with Gasteiger partial charge in [0.05, 0.1) is 16.5 Å². The van der Waals surface area contributed by atoms with Gasteiger partial charge in [-0.1, -0.05) is 28.4 Å². The van der Waals surface area contributed by atoms with Crippen molar-refractivity contribution in [3.63, 3.8) is 0 Å². The zero-order valence-electron chi connectivity index (χ0n) is 9.66. The van der Waals surface area contributed by atoms with Crippen LogP contribution < -0.4 is 0 Å². The predicted molar refractivity (Wildman–Crippen MR) is 65.5 cm³/mol. The van der Waals surface area contributed by atoms with Gasteiger partial charge >= 0.3 is 6.18 Å². The molecule has 2 aromatic rings. The lowest BCUT2D eigenvalue weighted by molar-refractivity contribution is -0.204. The van der Waals surface area contributed by atoms with Crippen molar-refractivity contribution >= 4 is 23.2 Å². The van der Waals surface area contributed by atoms with Crippen LogP contribution in [0.5, 0.6) is 0 Å². The van der Waals surface area contributed by atoms with Crippen LogP contribution in [0.1, 0.15) is 5.89 Å². The molecule has 20 heavy (non-hydrogen) atoms. The molecule has 0 spiro atoms. The van der Waals surface area contributed by atoms with Crippen LogP contribution in [0, 0.1) is 0 Å². The van der Waals surface area contributed by atoms with Crippen LogP contribution in [0.4, 0.5) is 13.2 Å². The maximum Gasteiger partial charge on any atom is 0.414 e. The van der Waals surface area contributed by atoms with Gasteiger partial charge in [-0.25, -0.2) is 0 Å². The topological polar surface area (TPSA) is 59.2 Å². The molecule has 0 saturated heterocycles. The molecule has 0 amide bonds. The maximum absolute atomic E-state index is 12.2. The molecule has 0 radical (unpaired) electrons. The SMILES string of the molecule is OC(Cc1nc(-c2ccc(Cl)c(Cl)c2)no1)C(F)(F)F. The van der Waals surface area contributed by atoms with Gasteiger partial charge in [0, 0.05) is 5.56 Å². The van der Waals surface area contributed by atoms with E-state index in [0.717, 1.165) is 0 Å². The first kappa shape index (κ1) is 15.1. The third kappa shape index (κ3) is 3.41. The van der Waals surface area contributed by atoms with Crippen LogP contribution >= 0.6 is 23.2 Å². The van der Waals surface area contributed by atoms with Crippen molar-refractivity contribution in [1.82, 2.24) is 10.1 Å². The number of hydrogen-bond acceptors (Lipinski definition) is 4. The standard InChI is InChI=1S/C11H7Cl2F3N2O2/c12-6-2-1-5(3-7(6)13)10-17-9(20-18-10)4-8(19)11(14,15)16/h1-3,8,19H,4H2. The Hall–Kier alpha value is -1.31. The fourth-order valence-electron chi connectivity index (χ4n) is 1.37. The Bertz CT molecular complexity index is 616. The molecule has 1 unspecified atom stereocenters. The van der Waals surface area contributed by atoms with E-state index in [0.29, 0.717) is 10.6 Å². The minimum atomic E-state index is -4.74. The van der Waals surface area contributed by atoms with E-state index >= 15 is 0 Å². The number of hydrogen-bond donors (Lipinski definition) is 1. The molecule has 0 aliphatic rings. The van der Waals surface area contributed by atoms with Crippen molar-refractivity contribution in [1.29, 1.82) is 0 Å². The second kappa shape index (κ2) is 5.59. The number of aliphatic hydroxyl groups is 1. The van der Waals surface area contributed by atoms with E-state index in [2.05, 4.69) is 14.7 Å². The molecule has 1 heterocycles. The van der Waals surface area contributed by atoms with Gasteiger partial charge in [-0.15, -0.1) is 0 Å². The minimum Gasteiger partial charge on any atom is -0.383 e. The fraction of sp³-hybridized carbons (Fsp3) is 0.273. The number of nitrogens with zero attached hydrogens (tertiary/aromatic N) is 2. The first-order valence-corrected chi connectivity index (χ1v) is 6.06. The summed E-state index contributed by atoms with van der Waals surface area (Å²) >= 11 is 11.5. The summed E-state index contributed by atoms with van der Waals surface area (Å²) in [6, 6.07) is 4.50. The summed E-state index contributed by atoms with van der Waals surface area (Å²) in [5.41, 5.74) is 0.441. The first-order chi connectivity index (χ1) is 9.27. The molecular formula is C11H7Cl2F3N2O2. The summed E-state index contributed by atoms with van der Waals surface area (Å²) in [5.74, 6) is -0.260. The van der Waals surface area contributed by atoms with Gasteiger partial charge in [0.1, 0.15) is 0 Å². The maximum atomic E-state index is 12.2. The zero-order chi connectivity index (χ0) is 14.9. The Balaban J connectivity index is 2.18. The predicted octanol–water partition coefficient (Wildman–Crippen LogP) is 3.51. The van der Waals surface area contributed by atoms with Gasteiger partial charge in [0.2, 0.25) is 11.7 Å². The molecule has 0 aliphatic carbocycles. The van der Waals surface area contributed by atoms with E-state index in [4.69, 9.17) is 28.3 Å². The Morgan fingerprint density at radius 3 is 2.55 bits per heavy atom. The molecule has 1 atom stereocenters. The third-order valence-electron chi connectivity index (χ3n) is 2.39. The molecule has 108 valence electrons. The third-order valence-corrected chi connectivity index (χ3v) is 3.13. The lowest BCUT2D eigenvalue weighted by atomic mass is 10.2. The number of benzene rings is 1. The summed E-state index contributed by atoms with van der Waals surface area (Å²) in [7, 11) is 0. The summed E-state index contributed by atoms with van der Waals surface area (Å²) in [5, 5.41) is 13.0. The molecule has 0 fully saturated rings. The molecule has 1 N–H and O–H groups in total. The summed E-state index contributed by atoms with van der Waals surface area (Å²) in [6.45, 7) is 0. The molecule has 4 nitrogen and oxygen atoms in total. The quantitative estimate of drug-likeness (QED) is 0.937. The van der Waals surface area contributed by atoms with Gasteiger partial charge in [-0.3, -0.25) is 0 Å². The average molecular weight is 327 g/mol. The van der Waals surface area contributed by atoms with E-state index in [1.807, 2.05) is 0 Å². The second-order valence-electron chi connectivity index (χ2n) is 3.90. The Morgan fingerprint density at radius 2 is 1.95 bits per heavy atom.